The minimum absolute atomic E-state index is 0.147. The molecule has 1 unspecified atom stereocenters. The zero-order chi connectivity index (χ0) is 19.4. The molecular weight excluding hydrogens is 341 g/mol. The van der Waals surface area contributed by atoms with Crippen molar-refractivity contribution in [1.82, 2.24) is 15.5 Å². The molecule has 0 amide bonds. The van der Waals surface area contributed by atoms with Gasteiger partial charge in [-0.25, -0.2) is 4.39 Å². The van der Waals surface area contributed by atoms with E-state index in [1.807, 2.05) is 32.2 Å². The van der Waals surface area contributed by atoms with Crippen LogP contribution in [0.1, 0.15) is 60.2 Å². The third kappa shape index (κ3) is 4.19. The van der Waals surface area contributed by atoms with Crippen molar-refractivity contribution in [2.24, 2.45) is 5.92 Å². The maximum Gasteiger partial charge on any atom is 0.115 e. The number of fused-ring (bicyclic) bond motifs is 1. The average Bonchev–Trinajstić information content (AvgIpc) is 3.17. The van der Waals surface area contributed by atoms with E-state index in [4.69, 9.17) is 0 Å². The first-order chi connectivity index (χ1) is 13.1. The van der Waals surface area contributed by atoms with Crippen LogP contribution >= 0.6 is 0 Å². The zero-order valence-corrected chi connectivity index (χ0v) is 16.6. The van der Waals surface area contributed by atoms with Gasteiger partial charge in [-0.05, 0) is 80.8 Å². The number of benzene rings is 1. The first kappa shape index (κ1) is 19.9. The molecule has 0 radical (unpaired) electrons. The van der Waals surface area contributed by atoms with Gasteiger partial charge in [0.15, 0.2) is 0 Å². The summed E-state index contributed by atoms with van der Waals surface area (Å²) in [5.74, 6) is 0.147. The third-order valence-electron chi connectivity index (χ3n) is 5.68. The highest BCUT2D eigenvalue weighted by Gasteiger charge is 2.28. The van der Waals surface area contributed by atoms with Gasteiger partial charge in [-0.15, -0.1) is 5.10 Å². The molecule has 0 bridgehead atoms. The predicted octanol–water partition coefficient (Wildman–Crippen LogP) is 4.08. The lowest BCUT2D eigenvalue weighted by molar-refractivity contribution is 0.105. The zero-order valence-electron chi connectivity index (χ0n) is 16.6. The summed E-state index contributed by atoms with van der Waals surface area (Å²) < 4.78 is 12.9. The van der Waals surface area contributed by atoms with Gasteiger partial charge in [0.1, 0.15) is 12.8 Å². The van der Waals surface area contributed by atoms with Crippen molar-refractivity contribution < 1.29 is 9.50 Å². The second-order valence-electron chi connectivity index (χ2n) is 7.70. The van der Waals surface area contributed by atoms with Crippen molar-refractivity contribution in [3.8, 4) is 11.3 Å². The number of hydrogen-bond donors (Lipinski definition) is 2. The highest BCUT2D eigenvalue weighted by molar-refractivity contribution is 5.69. The van der Waals surface area contributed by atoms with Crippen LogP contribution in [0.3, 0.4) is 0 Å². The number of nitrogens with one attached hydrogen (secondary N) is 1. The smallest absolute Gasteiger partial charge is 0.115 e. The monoisotopic (exact) mass is 371 g/mol. The Morgan fingerprint density at radius 2 is 2.00 bits per heavy atom. The maximum atomic E-state index is 12.9. The third-order valence-corrected chi connectivity index (χ3v) is 5.68. The molecule has 5 heteroatoms. The van der Waals surface area contributed by atoms with E-state index in [-0.39, 0.29) is 5.92 Å². The Balaban J connectivity index is 1.92. The van der Waals surface area contributed by atoms with Crippen LogP contribution in [-0.4, -0.2) is 28.9 Å². The minimum atomic E-state index is -0.578. The average molecular weight is 372 g/mol. The Morgan fingerprint density at radius 1 is 1.22 bits per heavy atom. The fraction of sp³-hybridized carbons (Fsp3) is 0.545. The highest BCUT2D eigenvalue weighted by atomic mass is 19.1. The lowest BCUT2D eigenvalue weighted by atomic mass is 9.91. The lowest BCUT2D eigenvalue weighted by Gasteiger charge is -2.21. The number of halogens is 1. The fourth-order valence-corrected chi connectivity index (χ4v) is 4.07. The number of hydrogen-bond acceptors (Lipinski definition) is 4. The molecule has 2 atom stereocenters. The van der Waals surface area contributed by atoms with Crippen molar-refractivity contribution in [3.63, 3.8) is 0 Å². The van der Waals surface area contributed by atoms with Crippen LogP contribution in [0.4, 0.5) is 4.39 Å². The van der Waals surface area contributed by atoms with Gasteiger partial charge < -0.3 is 10.4 Å². The van der Waals surface area contributed by atoms with Gasteiger partial charge in [0.2, 0.25) is 0 Å². The standard InChI is InChI=1S/C22H30FN3O/c1-14(6-5-11-24-3)22(27)21-19-8-4-7-18(19)20(25-26-21)17-10-9-16(13-23)12-15(17)2/h9-10,12,14,22,24,27H,4-8,11,13H2,1-3H3/t14-,22?/m0/s1. The van der Waals surface area contributed by atoms with E-state index in [2.05, 4.69) is 22.4 Å². The summed E-state index contributed by atoms with van der Waals surface area (Å²) in [5.41, 5.74) is 6.73. The van der Waals surface area contributed by atoms with E-state index < -0.39 is 12.8 Å². The number of aryl methyl sites for hydroxylation is 1. The molecule has 1 aliphatic carbocycles. The molecule has 1 aromatic carbocycles. The Bertz CT molecular complexity index is 793. The first-order valence-corrected chi connectivity index (χ1v) is 9.93. The Labute approximate surface area is 161 Å². The fourth-order valence-electron chi connectivity index (χ4n) is 4.07. The molecule has 0 aliphatic heterocycles. The number of alkyl halides is 1. The Hall–Kier alpha value is -1.85. The molecule has 2 N–H and O–H groups in total. The van der Waals surface area contributed by atoms with Crippen LogP contribution in [0.15, 0.2) is 18.2 Å². The highest BCUT2D eigenvalue weighted by Crippen LogP contribution is 2.37. The summed E-state index contributed by atoms with van der Waals surface area (Å²) in [5, 5.41) is 23.0. The van der Waals surface area contributed by atoms with E-state index >= 15 is 0 Å². The van der Waals surface area contributed by atoms with Crippen LogP contribution < -0.4 is 5.32 Å². The minimum Gasteiger partial charge on any atom is -0.386 e. The Kier molecular flexibility index (Phi) is 6.55. The number of aromatic nitrogens is 2. The number of rotatable bonds is 8. The maximum absolute atomic E-state index is 12.9. The molecule has 2 aromatic rings. The second kappa shape index (κ2) is 8.89. The van der Waals surface area contributed by atoms with Gasteiger partial charge in [0.25, 0.3) is 0 Å². The van der Waals surface area contributed by atoms with Gasteiger partial charge in [0, 0.05) is 5.56 Å². The molecule has 0 spiro atoms. The molecule has 1 aliphatic rings. The molecular formula is C22H30FN3O. The molecule has 27 heavy (non-hydrogen) atoms. The molecule has 0 saturated heterocycles. The van der Waals surface area contributed by atoms with Gasteiger partial charge in [0.05, 0.1) is 11.4 Å². The number of nitrogens with zero attached hydrogens (tertiary/aromatic N) is 2. The summed E-state index contributed by atoms with van der Waals surface area (Å²) in [7, 11) is 1.94. The molecule has 1 aromatic heterocycles. The molecule has 0 saturated carbocycles. The number of aliphatic hydroxyl groups is 1. The van der Waals surface area contributed by atoms with Crippen LogP contribution in [-0.2, 0) is 19.5 Å². The van der Waals surface area contributed by atoms with Crippen LogP contribution in [0, 0.1) is 12.8 Å². The summed E-state index contributed by atoms with van der Waals surface area (Å²) in [4.78, 5) is 0. The largest absolute Gasteiger partial charge is 0.386 e. The van der Waals surface area contributed by atoms with E-state index in [9.17, 15) is 9.50 Å². The van der Waals surface area contributed by atoms with Gasteiger partial charge in [-0.2, -0.15) is 5.10 Å². The summed E-state index contributed by atoms with van der Waals surface area (Å²) >= 11 is 0. The summed E-state index contributed by atoms with van der Waals surface area (Å²) in [6.45, 7) is 4.57. The van der Waals surface area contributed by atoms with Crippen LogP contribution in [0.5, 0.6) is 0 Å². The summed E-state index contributed by atoms with van der Waals surface area (Å²) in [6, 6.07) is 5.65. The van der Waals surface area contributed by atoms with E-state index in [0.29, 0.717) is 5.56 Å². The van der Waals surface area contributed by atoms with Gasteiger partial charge in [-0.3, -0.25) is 0 Å². The van der Waals surface area contributed by atoms with E-state index in [0.717, 1.165) is 61.2 Å². The van der Waals surface area contributed by atoms with E-state index in [1.54, 1.807) is 0 Å². The van der Waals surface area contributed by atoms with Crippen LogP contribution in [0.2, 0.25) is 0 Å². The molecule has 0 fully saturated rings. The second-order valence-corrected chi connectivity index (χ2v) is 7.70. The lowest BCUT2D eigenvalue weighted by Crippen LogP contribution is -2.17. The molecule has 146 valence electrons. The van der Waals surface area contributed by atoms with E-state index in [1.165, 1.54) is 11.1 Å². The van der Waals surface area contributed by atoms with Crippen molar-refractivity contribution in [3.05, 3.63) is 46.1 Å². The van der Waals surface area contributed by atoms with Crippen molar-refractivity contribution in [2.75, 3.05) is 13.6 Å². The quantitative estimate of drug-likeness (QED) is 0.687. The molecule has 1 heterocycles. The van der Waals surface area contributed by atoms with Gasteiger partial charge >= 0.3 is 0 Å². The van der Waals surface area contributed by atoms with Crippen molar-refractivity contribution >= 4 is 0 Å². The predicted molar refractivity (Wildman–Crippen MR) is 106 cm³/mol. The van der Waals surface area contributed by atoms with Crippen molar-refractivity contribution in [1.29, 1.82) is 0 Å². The Morgan fingerprint density at radius 3 is 2.70 bits per heavy atom. The SMILES string of the molecule is CNCCC[C@H](C)C(O)c1nnc(-c2ccc(CF)cc2C)c2c1CCC2. The number of aliphatic hydroxyl groups excluding tert-OH is 1. The first-order valence-electron chi connectivity index (χ1n) is 9.93. The molecule has 3 rings (SSSR count). The van der Waals surface area contributed by atoms with Crippen LogP contribution in [0.25, 0.3) is 11.3 Å². The summed E-state index contributed by atoms with van der Waals surface area (Å²) in [6.07, 6.45) is 4.36. The van der Waals surface area contributed by atoms with Crippen molar-refractivity contribution in [2.45, 2.75) is 58.7 Å². The normalized spacial score (nSPS) is 15.6. The topological polar surface area (TPSA) is 58.0 Å². The van der Waals surface area contributed by atoms with Gasteiger partial charge in [-0.1, -0.05) is 25.1 Å². The molecule has 4 nitrogen and oxygen atoms in total.